The van der Waals surface area contributed by atoms with Crippen LogP contribution in [0, 0.1) is 5.92 Å². The minimum absolute atomic E-state index is 0.809. The Labute approximate surface area is 113 Å². The Morgan fingerprint density at radius 1 is 1.00 bits per heavy atom. The average molecular weight is 250 g/mol. The Kier molecular flexibility index (Phi) is 4.25. The molecule has 1 saturated heterocycles. The Hall–Kier alpha value is -0.0800. The first-order valence-electron chi connectivity index (χ1n) is 8.37. The van der Waals surface area contributed by atoms with E-state index in [-0.39, 0.29) is 0 Å². The van der Waals surface area contributed by atoms with Gasteiger partial charge < -0.3 is 5.32 Å². The molecule has 1 heterocycles. The van der Waals surface area contributed by atoms with Crippen molar-refractivity contribution in [1.29, 1.82) is 0 Å². The van der Waals surface area contributed by atoms with Gasteiger partial charge in [0.2, 0.25) is 0 Å². The van der Waals surface area contributed by atoms with Gasteiger partial charge in [-0.25, -0.2) is 0 Å². The van der Waals surface area contributed by atoms with Crippen LogP contribution in [0.5, 0.6) is 0 Å². The molecule has 4 unspecified atom stereocenters. The highest BCUT2D eigenvalue weighted by Crippen LogP contribution is 2.39. The normalized spacial score (nSPS) is 41.8. The van der Waals surface area contributed by atoms with Gasteiger partial charge in [-0.05, 0) is 64.0 Å². The van der Waals surface area contributed by atoms with Crippen LogP contribution in [-0.2, 0) is 0 Å². The van der Waals surface area contributed by atoms with Crippen molar-refractivity contribution < 1.29 is 0 Å². The van der Waals surface area contributed by atoms with E-state index >= 15 is 0 Å². The molecule has 2 saturated carbocycles. The molecule has 104 valence electrons. The van der Waals surface area contributed by atoms with Gasteiger partial charge in [0.25, 0.3) is 0 Å². The molecule has 3 rings (SSSR count). The number of likely N-dealkylation sites (tertiary alicyclic amines) is 1. The summed E-state index contributed by atoms with van der Waals surface area (Å²) in [7, 11) is 0. The molecule has 3 fully saturated rings. The second kappa shape index (κ2) is 5.92. The van der Waals surface area contributed by atoms with Gasteiger partial charge in [-0.15, -0.1) is 0 Å². The fraction of sp³-hybridized carbons (Fsp3) is 1.00. The molecule has 0 aromatic rings. The maximum Gasteiger partial charge on any atom is 0.0126 e. The van der Waals surface area contributed by atoms with Gasteiger partial charge in [0.15, 0.2) is 0 Å². The van der Waals surface area contributed by atoms with Crippen molar-refractivity contribution in [2.45, 2.75) is 82.8 Å². The van der Waals surface area contributed by atoms with Gasteiger partial charge in [-0.1, -0.05) is 19.8 Å². The monoisotopic (exact) mass is 250 g/mol. The van der Waals surface area contributed by atoms with Gasteiger partial charge >= 0.3 is 0 Å². The number of hydrogen-bond acceptors (Lipinski definition) is 2. The van der Waals surface area contributed by atoms with E-state index in [1.165, 1.54) is 64.3 Å². The highest BCUT2D eigenvalue weighted by atomic mass is 15.2. The number of rotatable bonds is 3. The topological polar surface area (TPSA) is 15.3 Å². The molecule has 1 N–H and O–H groups in total. The molecule has 0 aromatic carbocycles. The fourth-order valence-electron chi connectivity index (χ4n) is 4.85. The maximum atomic E-state index is 3.66. The third-order valence-corrected chi connectivity index (χ3v) is 5.65. The first kappa shape index (κ1) is 12.9. The van der Waals surface area contributed by atoms with Crippen molar-refractivity contribution in [3.05, 3.63) is 0 Å². The first-order valence-corrected chi connectivity index (χ1v) is 8.37. The molecule has 0 bridgehead atoms. The van der Waals surface area contributed by atoms with Crippen LogP contribution in [0.1, 0.15) is 64.7 Å². The summed E-state index contributed by atoms with van der Waals surface area (Å²) in [5.41, 5.74) is 0. The predicted molar refractivity (Wildman–Crippen MR) is 76.8 cm³/mol. The summed E-state index contributed by atoms with van der Waals surface area (Å²) in [5, 5.41) is 3.66. The molecule has 0 aromatic heterocycles. The number of nitrogens with zero attached hydrogens (tertiary/aromatic N) is 1. The lowest BCUT2D eigenvalue weighted by atomic mass is 9.77. The SMILES string of the molecule is CCNC1CCC(N2CCCC3CCCCC32)C1. The van der Waals surface area contributed by atoms with Crippen molar-refractivity contribution in [3.8, 4) is 0 Å². The summed E-state index contributed by atoms with van der Waals surface area (Å²) in [6.07, 6.45) is 13.2. The lowest BCUT2D eigenvalue weighted by Gasteiger charge is -2.47. The van der Waals surface area contributed by atoms with Crippen LogP contribution in [0.4, 0.5) is 0 Å². The largest absolute Gasteiger partial charge is 0.314 e. The van der Waals surface area contributed by atoms with Crippen molar-refractivity contribution >= 4 is 0 Å². The van der Waals surface area contributed by atoms with Crippen LogP contribution in [0.2, 0.25) is 0 Å². The quantitative estimate of drug-likeness (QED) is 0.827. The molecular formula is C16H30N2. The van der Waals surface area contributed by atoms with E-state index < -0.39 is 0 Å². The lowest BCUT2D eigenvalue weighted by molar-refractivity contribution is 0.0270. The lowest BCUT2D eigenvalue weighted by Crippen LogP contribution is -2.51. The smallest absolute Gasteiger partial charge is 0.0126 e. The summed E-state index contributed by atoms with van der Waals surface area (Å²) in [5.74, 6) is 1.05. The summed E-state index contributed by atoms with van der Waals surface area (Å²) in [6, 6.07) is 2.67. The maximum absolute atomic E-state index is 3.66. The van der Waals surface area contributed by atoms with Crippen LogP contribution in [0.25, 0.3) is 0 Å². The number of nitrogens with one attached hydrogen (secondary N) is 1. The van der Waals surface area contributed by atoms with Gasteiger partial charge in [0, 0.05) is 18.1 Å². The van der Waals surface area contributed by atoms with Crippen LogP contribution < -0.4 is 5.32 Å². The molecule has 0 spiro atoms. The number of hydrogen-bond donors (Lipinski definition) is 1. The molecule has 18 heavy (non-hydrogen) atoms. The van der Waals surface area contributed by atoms with Gasteiger partial charge in [0.1, 0.15) is 0 Å². The zero-order valence-corrected chi connectivity index (χ0v) is 12.0. The second-order valence-electron chi connectivity index (χ2n) is 6.71. The average Bonchev–Trinajstić information content (AvgIpc) is 2.87. The van der Waals surface area contributed by atoms with E-state index in [1.54, 1.807) is 0 Å². The minimum atomic E-state index is 0.809. The molecule has 2 aliphatic carbocycles. The molecular weight excluding hydrogens is 220 g/mol. The standard InChI is InChI=1S/C16H30N2/c1-2-17-14-9-10-15(12-14)18-11-5-7-13-6-3-4-8-16(13)18/h13-17H,2-12H2,1H3. The van der Waals surface area contributed by atoms with Crippen LogP contribution in [-0.4, -0.2) is 36.1 Å². The molecule has 3 aliphatic rings. The third kappa shape index (κ3) is 2.60. The van der Waals surface area contributed by atoms with Crippen LogP contribution >= 0.6 is 0 Å². The zero-order chi connectivity index (χ0) is 12.4. The third-order valence-electron chi connectivity index (χ3n) is 5.65. The highest BCUT2D eigenvalue weighted by Gasteiger charge is 2.38. The molecule has 2 heteroatoms. The Morgan fingerprint density at radius 3 is 2.72 bits per heavy atom. The molecule has 0 radical (unpaired) electrons. The Balaban J connectivity index is 1.60. The molecule has 0 amide bonds. The van der Waals surface area contributed by atoms with Crippen LogP contribution in [0.3, 0.4) is 0 Å². The first-order chi connectivity index (χ1) is 8.88. The number of fused-ring (bicyclic) bond motifs is 1. The summed E-state index contributed by atoms with van der Waals surface area (Å²) >= 11 is 0. The van der Waals surface area contributed by atoms with Gasteiger partial charge in [-0.3, -0.25) is 4.90 Å². The molecule has 4 atom stereocenters. The fourth-order valence-corrected chi connectivity index (χ4v) is 4.85. The van der Waals surface area contributed by atoms with Crippen molar-refractivity contribution in [2.75, 3.05) is 13.1 Å². The van der Waals surface area contributed by atoms with E-state index in [1.807, 2.05) is 0 Å². The van der Waals surface area contributed by atoms with Crippen molar-refractivity contribution in [2.24, 2.45) is 5.92 Å². The van der Waals surface area contributed by atoms with E-state index in [0.29, 0.717) is 0 Å². The van der Waals surface area contributed by atoms with Gasteiger partial charge in [0.05, 0.1) is 0 Å². The molecule has 2 nitrogen and oxygen atoms in total. The predicted octanol–water partition coefficient (Wildman–Crippen LogP) is 3.17. The van der Waals surface area contributed by atoms with E-state index in [0.717, 1.165) is 30.6 Å². The van der Waals surface area contributed by atoms with E-state index in [2.05, 4.69) is 17.1 Å². The minimum Gasteiger partial charge on any atom is -0.314 e. The summed E-state index contributed by atoms with van der Waals surface area (Å²) < 4.78 is 0. The second-order valence-corrected chi connectivity index (χ2v) is 6.71. The summed E-state index contributed by atoms with van der Waals surface area (Å²) in [4.78, 5) is 2.94. The molecule has 1 aliphatic heterocycles. The van der Waals surface area contributed by atoms with Gasteiger partial charge in [-0.2, -0.15) is 0 Å². The zero-order valence-electron chi connectivity index (χ0n) is 12.0. The number of piperidine rings is 1. The Bertz CT molecular complexity index is 264. The highest BCUT2D eigenvalue weighted by molar-refractivity contribution is 4.94. The van der Waals surface area contributed by atoms with E-state index in [9.17, 15) is 0 Å². The Morgan fingerprint density at radius 2 is 1.83 bits per heavy atom. The summed E-state index contributed by atoms with van der Waals surface area (Å²) in [6.45, 7) is 4.78. The van der Waals surface area contributed by atoms with Crippen molar-refractivity contribution in [1.82, 2.24) is 10.2 Å². The van der Waals surface area contributed by atoms with Crippen molar-refractivity contribution in [3.63, 3.8) is 0 Å². The van der Waals surface area contributed by atoms with E-state index in [4.69, 9.17) is 0 Å². The van der Waals surface area contributed by atoms with Crippen LogP contribution in [0.15, 0.2) is 0 Å².